The lowest BCUT2D eigenvalue weighted by molar-refractivity contribution is 0.0600. The van der Waals surface area contributed by atoms with E-state index in [1.165, 1.54) is 7.11 Å². The summed E-state index contributed by atoms with van der Waals surface area (Å²) in [4.78, 5) is 11.2. The van der Waals surface area contributed by atoms with Gasteiger partial charge in [-0.1, -0.05) is 24.8 Å². The number of ether oxygens (including phenoxy) is 1. The molecule has 0 aliphatic rings. The Balaban J connectivity index is 3.23. The molecule has 0 bridgehead atoms. The zero-order valence-electron chi connectivity index (χ0n) is 7.83. The molecule has 13 heavy (non-hydrogen) atoms. The Morgan fingerprint density at radius 2 is 2.23 bits per heavy atom. The van der Waals surface area contributed by atoms with Crippen molar-refractivity contribution in [3.05, 3.63) is 41.5 Å². The van der Waals surface area contributed by atoms with E-state index in [2.05, 4.69) is 11.3 Å². The number of methoxy groups -OCH3 is 1. The zero-order chi connectivity index (χ0) is 9.84. The maximum Gasteiger partial charge on any atom is 0.338 e. The summed E-state index contributed by atoms with van der Waals surface area (Å²) in [6, 6.07) is 5.47. The minimum atomic E-state index is -0.304. The van der Waals surface area contributed by atoms with Crippen LogP contribution >= 0.6 is 0 Å². The molecule has 0 radical (unpaired) electrons. The second-order valence-electron chi connectivity index (χ2n) is 2.72. The third-order valence-corrected chi connectivity index (χ3v) is 2.00. The fourth-order valence-electron chi connectivity index (χ4n) is 1.21. The molecule has 0 atom stereocenters. The Morgan fingerprint density at radius 1 is 1.54 bits per heavy atom. The SMILES string of the molecule is C=Cc1cccc(C(=O)OC)c1C. The lowest BCUT2D eigenvalue weighted by atomic mass is 10.0. The van der Waals surface area contributed by atoms with Gasteiger partial charge in [0.2, 0.25) is 0 Å². The highest BCUT2D eigenvalue weighted by atomic mass is 16.5. The van der Waals surface area contributed by atoms with Gasteiger partial charge in [0.15, 0.2) is 0 Å². The van der Waals surface area contributed by atoms with E-state index in [1.54, 1.807) is 12.1 Å². The number of benzene rings is 1. The highest BCUT2D eigenvalue weighted by Crippen LogP contribution is 2.15. The van der Waals surface area contributed by atoms with Gasteiger partial charge in [-0.15, -0.1) is 0 Å². The van der Waals surface area contributed by atoms with Crippen LogP contribution in [-0.4, -0.2) is 13.1 Å². The topological polar surface area (TPSA) is 26.3 Å². The maximum atomic E-state index is 11.2. The number of carbonyl (C=O) groups excluding carboxylic acids is 1. The van der Waals surface area contributed by atoms with E-state index in [9.17, 15) is 4.79 Å². The molecule has 0 heterocycles. The van der Waals surface area contributed by atoms with Crippen molar-refractivity contribution in [3.8, 4) is 0 Å². The second-order valence-corrected chi connectivity index (χ2v) is 2.72. The van der Waals surface area contributed by atoms with Gasteiger partial charge >= 0.3 is 5.97 Å². The Kier molecular flexibility index (Phi) is 2.85. The Morgan fingerprint density at radius 3 is 2.77 bits per heavy atom. The summed E-state index contributed by atoms with van der Waals surface area (Å²) in [5, 5.41) is 0. The van der Waals surface area contributed by atoms with Gasteiger partial charge in [-0.3, -0.25) is 0 Å². The fourth-order valence-corrected chi connectivity index (χ4v) is 1.21. The van der Waals surface area contributed by atoms with Gasteiger partial charge in [-0.2, -0.15) is 0 Å². The molecule has 0 spiro atoms. The molecule has 0 fully saturated rings. The molecule has 2 nitrogen and oxygen atoms in total. The highest BCUT2D eigenvalue weighted by Gasteiger charge is 2.09. The second kappa shape index (κ2) is 3.90. The Labute approximate surface area is 77.8 Å². The van der Waals surface area contributed by atoms with Gasteiger partial charge in [0.05, 0.1) is 12.7 Å². The summed E-state index contributed by atoms with van der Waals surface area (Å²) in [7, 11) is 1.38. The molecule has 0 unspecified atom stereocenters. The first kappa shape index (κ1) is 9.52. The van der Waals surface area contributed by atoms with Gasteiger partial charge in [0.1, 0.15) is 0 Å². The number of carbonyl (C=O) groups is 1. The van der Waals surface area contributed by atoms with Crippen molar-refractivity contribution in [2.45, 2.75) is 6.92 Å². The number of esters is 1. The van der Waals surface area contributed by atoms with E-state index in [-0.39, 0.29) is 5.97 Å². The van der Waals surface area contributed by atoms with Crippen molar-refractivity contribution >= 4 is 12.0 Å². The van der Waals surface area contributed by atoms with Crippen molar-refractivity contribution in [3.63, 3.8) is 0 Å². The highest BCUT2D eigenvalue weighted by molar-refractivity contribution is 5.92. The minimum absolute atomic E-state index is 0.304. The fraction of sp³-hybridized carbons (Fsp3) is 0.182. The van der Waals surface area contributed by atoms with E-state index < -0.39 is 0 Å². The molecule has 0 saturated heterocycles. The summed E-state index contributed by atoms with van der Waals surface area (Å²) in [6.45, 7) is 5.54. The van der Waals surface area contributed by atoms with Crippen LogP contribution in [0.25, 0.3) is 6.08 Å². The monoisotopic (exact) mass is 176 g/mol. The summed E-state index contributed by atoms with van der Waals surface area (Å²) < 4.78 is 4.64. The van der Waals surface area contributed by atoms with Crippen LogP contribution in [0.5, 0.6) is 0 Å². The number of hydrogen-bond acceptors (Lipinski definition) is 2. The first-order chi connectivity index (χ1) is 6.20. The van der Waals surface area contributed by atoms with Crippen LogP contribution in [0.2, 0.25) is 0 Å². The predicted octanol–water partition coefficient (Wildman–Crippen LogP) is 2.42. The quantitative estimate of drug-likeness (QED) is 0.647. The van der Waals surface area contributed by atoms with Crippen molar-refractivity contribution < 1.29 is 9.53 Å². The van der Waals surface area contributed by atoms with E-state index in [1.807, 2.05) is 19.1 Å². The smallest absolute Gasteiger partial charge is 0.338 e. The van der Waals surface area contributed by atoms with E-state index >= 15 is 0 Å². The van der Waals surface area contributed by atoms with Crippen LogP contribution < -0.4 is 0 Å². The molecule has 68 valence electrons. The number of hydrogen-bond donors (Lipinski definition) is 0. The standard InChI is InChI=1S/C11H12O2/c1-4-9-6-5-7-10(8(9)2)11(12)13-3/h4-7H,1H2,2-3H3. The van der Waals surface area contributed by atoms with Gasteiger partial charge in [-0.05, 0) is 24.1 Å². The molecule has 0 aromatic heterocycles. The average Bonchev–Trinajstić information content (AvgIpc) is 2.17. The predicted molar refractivity (Wildman–Crippen MR) is 52.6 cm³/mol. The molecule has 0 saturated carbocycles. The summed E-state index contributed by atoms with van der Waals surface area (Å²) in [5.41, 5.74) is 2.46. The molecule has 1 rings (SSSR count). The summed E-state index contributed by atoms with van der Waals surface area (Å²) in [6.07, 6.45) is 1.72. The largest absolute Gasteiger partial charge is 0.465 e. The average molecular weight is 176 g/mol. The van der Waals surface area contributed by atoms with Gasteiger partial charge in [0.25, 0.3) is 0 Å². The van der Waals surface area contributed by atoms with Crippen molar-refractivity contribution in [2.75, 3.05) is 7.11 Å². The molecular weight excluding hydrogens is 164 g/mol. The van der Waals surface area contributed by atoms with Crippen LogP contribution in [0.15, 0.2) is 24.8 Å². The third-order valence-electron chi connectivity index (χ3n) is 2.00. The first-order valence-electron chi connectivity index (χ1n) is 4.01. The lowest BCUT2D eigenvalue weighted by Gasteiger charge is -2.05. The van der Waals surface area contributed by atoms with Crippen molar-refractivity contribution in [1.29, 1.82) is 0 Å². The molecule has 1 aromatic carbocycles. The lowest BCUT2D eigenvalue weighted by Crippen LogP contribution is -2.04. The van der Waals surface area contributed by atoms with Crippen molar-refractivity contribution in [1.82, 2.24) is 0 Å². The molecule has 1 aromatic rings. The maximum absolute atomic E-state index is 11.2. The molecule has 2 heteroatoms. The van der Waals surface area contributed by atoms with Crippen LogP contribution in [0.3, 0.4) is 0 Å². The molecule has 0 amide bonds. The molecule has 0 aliphatic heterocycles. The number of rotatable bonds is 2. The molecule has 0 N–H and O–H groups in total. The normalized spacial score (nSPS) is 9.38. The van der Waals surface area contributed by atoms with Crippen LogP contribution in [-0.2, 0) is 4.74 Å². The molecular formula is C11H12O2. The minimum Gasteiger partial charge on any atom is -0.465 e. The zero-order valence-corrected chi connectivity index (χ0v) is 7.83. The molecule has 0 aliphatic carbocycles. The third kappa shape index (κ3) is 1.78. The summed E-state index contributed by atoms with van der Waals surface area (Å²) >= 11 is 0. The van der Waals surface area contributed by atoms with E-state index in [0.717, 1.165) is 11.1 Å². The van der Waals surface area contributed by atoms with Crippen molar-refractivity contribution in [2.24, 2.45) is 0 Å². The van der Waals surface area contributed by atoms with Crippen LogP contribution in [0, 0.1) is 6.92 Å². The van der Waals surface area contributed by atoms with E-state index in [0.29, 0.717) is 5.56 Å². The van der Waals surface area contributed by atoms with Gasteiger partial charge in [-0.25, -0.2) is 4.79 Å². The summed E-state index contributed by atoms with van der Waals surface area (Å²) in [5.74, 6) is -0.304. The first-order valence-corrected chi connectivity index (χ1v) is 4.01. The Hall–Kier alpha value is -1.57. The van der Waals surface area contributed by atoms with E-state index in [4.69, 9.17) is 0 Å². The van der Waals surface area contributed by atoms with Crippen LogP contribution in [0.1, 0.15) is 21.5 Å². The van der Waals surface area contributed by atoms with Gasteiger partial charge in [0, 0.05) is 0 Å². The van der Waals surface area contributed by atoms with Crippen LogP contribution in [0.4, 0.5) is 0 Å². The Bertz CT molecular complexity index is 340. The van der Waals surface area contributed by atoms with Gasteiger partial charge < -0.3 is 4.74 Å².